The first kappa shape index (κ1) is 14.6. The van der Waals surface area contributed by atoms with Gasteiger partial charge in [-0.05, 0) is 42.3 Å². The Kier molecular flexibility index (Phi) is 3.86. The highest BCUT2D eigenvalue weighted by atomic mass is 35.5. The van der Waals surface area contributed by atoms with Gasteiger partial charge in [0, 0.05) is 5.56 Å². The molecule has 20 heavy (non-hydrogen) atoms. The second-order valence-electron chi connectivity index (χ2n) is 4.33. The van der Waals surface area contributed by atoms with Crippen LogP contribution in [0.5, 0.6) is 0 Å². The molecule has 5 heteroatoms. The van der Waals surface area contributed by atoms with Crippen LogP contribution in [0.25, 0.3) is 11.1 Å². The summed E-state index contributed by atoms with van der Waals surface area (Å²) in [5.74, 6) is -0.233. The van der Waals surface area contributed by atoms with E-state index in [0.717, 1.165) is 12.1 Å². The van der Waals surface area contributed by atoms with E-state index in [1.807, 2.05) is 0 Å². The van der Waals surface area contributed by atoms with Crippen molar-refractivity contribution in [3.8, 4) is 11.1 Å². The Bertz CT molecular complexity index is 662. The third-order valence-corrected chi connectivity index (χ3v) is 3.20. The molecule has 0 atom stereocenters. The molecule has 104 valence electrons. The molecule has 0 saturated heterocycles. The van der Waals surface area contributed by atoms with Crippen LogP contribution >= 0.6 is 11.6 Å². The van der Waals surface area contributed by atoms with E-state index in [-0.39, 0.29) is 10.8 Å². The Morgan fingerprint density at radius 3 is 2.30 bits per heavy atom. The Balaban J connectivity index is 2.52. The fourth-order valence-corrected chi connectivity index (χ4v) is 2.10. The Morgan fingerprint density at radius 1 is 1.05 bits per heavy atom. The zero-order valence-corrected chi connectivity index (χ0v) is 11.2. The number of Topliss-reactive ketones (excluding diaryl/α,β-unsaturated/α-hetero) is 1. The highest BCUT2D eigenvalue weighted by Gasteiger charge is 2.30. The maximum Gasteiger partial charge on any atom is 0.416 e. The van der Waals surface area contributed by atoms with Gasteiger partial charge in [-0.15, -0.1) is 0 Å². The van der Waals surface area contributed by atoms with Gasteiger partial charge in [0.05, 0.1) is 10.6 Å². The molecule has 0 spiro atoms. The molecule has 0 aliphatic rings. The van der Waals surface area contributed by atoms with Crippen LogP contribution < -0.4 is 0 Å². The van der Waals surface area contributed by atoms with Crippen molar-refractivity contribution >= 4 is 17.4 Å². The summed E-state index contributed by atoms with van der Waals surface area (Å²) in [6.45, 7) is 1.36. The number of ketones is 1. The van der Waals surface area contributed by atoms with Gasteiger partial charge in [0.2, 0.25) is 0 Å². The fraction of sp³-hybridized carbons (Fsp3) is 0.133. The lowest BCUT2D eigenvalue weighted by Crippen LogP contribution is -2.04. The van der Waals surface area contributed by atoms with E-state index in [0.29, 0.717) is 16.7 Å². The molecule has 0 radical (unpaired) electrons. The number of rotatable bonds is 2. The van der Waals surface area contributed by atoms with Crippen molar-refractivity contribution in [3.05, 3.63) is 58.6 Å². The van der Waals surface area contributed by atoms with Crippen LogP contribution in [0.4, 0.5) is 13.2 Å². The first-order chi connectivity index (χ1) is 9.29. The third-order valence-electron chi connectivity index (χ3n) is 2.87. The number of halogens is 4. The molecule has 0 bridgehead atoms. The van der Waals surface area contributed by atoms with E-state index < -0.39 is 11.7 Å². The van der Waals surface area contributed by atoms with E-state index in [4.69, 9.17) is 11.6 Å². The summed E-state index contributed by atoms with van der Waals surface area (Å²) in [4.78, 5) is 11.4. The van der Waals surface area contributed by atoms with Crippen molar-refractivity contribution in [2.75, 3.05) is 0 Å². The van der Waals surface area contributed by atoms with Crippen LogP contribution in [0.1, 0.15) is 22.8 Å². The molecule has 0 N–H and O–H groups in total. The molecule has 2 aromatic rings. The minimum absolute atomic E-state index is 0.233. The van der Waals surface area contributed by atoms with Gasteiger partial charge in [-0.2, -0.15) is 13.2 Å². The van der Waals surface area contributed by atoms with Gasteiger partial charge in [-0.3, -0.25) is 4.79 Å². The van der Waals surface area contributed by atoms with Gasteiger partial charge in [0.15, 0.2) is 5.78 Å². The largest absolute Gasteiger partial charge is 0.416 e. The minimum atomic E-state index is -4.40. The molecule has 0 aliphatic heterocycles. The Morgan fingerprint density at radius 2 is 1.70 bits per heavy atom. The number of hydrogen-bond donors (Lipinski definition) is 0. The SMILES string of the molecule is CC(=O)c1cc(-c2cccc(C(F)(F)F)c2)ccc1Cl. The molecule has 0 aromatic heterocycles. The molecule has 0 aliphatic carbocycles. The zero-order chi connectivity index (χ0) is 14.9. The summed E-state index contributed by atoms with van der Waals surface area (Å²) < 4.78 is 38.0. The smallest absolute Gasteiger partial charge is 0.294 e. The molecule has 0 heterocycles. The lowest BCUT2D eigenvalue weighted by molar-refractivity contribution is -0.137. The molecular weight excluding hydrogens is 289 g/mol. The van der Waals surface area contributed by atoms with Crippen molar-refractivity contribution < 1.29 is 18.0 Å². The van der Waals surface area contributed by atoms with Crippen LogP contribution in [0, 0.1) is 0 Å². The first-order valence-corrected chi connectivity index (χ1v) is 6.15. The summed E-state index contributed by atoms with van der Waals surface area (Å²) >= 11 is 5.88. The molecule has 0 saturated carbocycles. The predicted molar refractivity (Wildman–Crippen MR) is 71.9 cm³/mol. The average molecular weight is 299 g/mol. The van der Waals surface area contributed by atoms with Crippen molar-refractivity contribution in [2.24, 2.45) is 0 Å². The van der Waals surface area contributed by atoms with Crippen molar-refractivity contribution in [3.63, 3.8) is 0 Å². The highest BCUT2D eigenvalue weighted by molar-refractivity contribution is 6.34. The molecule has 2 rings (SSSR count). The zero-order valence-electron chi connectivity index (χ0n) is 10.5. The summed E-state index contributed by atoms with van der Waals surface area (Å²) in [6.07, 6.45) is -4.40. The maximum absolute atomic E-state index is 12.7. The molecular formula is C15H10ClF3O. The maximum atomic E-state index is 12.7. The molecule has 1 nitrogen and oxygen atoms in total. The van der Waals surface area contributed by atoms with Crippen LogP contribution in [-0.2, 0) is 6.18 Å². The van der Waals surface area contributed by atoms with Crippen molar-refractivity contribution in [1.82, 2.24) is 0 Å². The molecule has 0 unspecified atom stereocenters. The summed E-state index contributed by atoms with van der Waals surface area (Å²) in [5.41, 5.74) is 0.473. The molecule has 2 aromatic carbocycles. The molecule has 0 fully saturated rings. The number of hydrogen-bond acceptors (Lipinski definition) is 1. The lowest BCUT2D eigenvalue weighted by atomic mass is 10.00. The van der Waals surface area contributed by atoms with Gasteiger partial charge in [0.1, 0.15) is 0 Å². The van der Waals surface area contributed by atoms with E-state index in [2.05, 4.69) is 0 Å². The average Bonchev–Trinajstić information content (AvgIpc) is 2.38. The summed E-state index contributed by atoms with van der Waals surface area (Å²) in [7, 11) is 0. The van der Waals surface area contributed by atoms with E-state index in [1.54, 1.807) is 12.1 Å². The van der Waals surface area contributed by atoms with Crippen LogP contribution in [0.2, 0.25) is 5.02 Å². The van der Waals surface area contributed by atoms with Crippen LogP contribution in [0.3, 0.4) is 0 Å². The number of carbonyl (C=O) groups is 1. The highest BCUT2D eigenvalue weighted by Crippen LogP contribution is 2.33. The summed E-state index contributed by atoms with van der Waals surface area (Å²) in [6, 6.07) is 9.54. The molecule has 0 amide bonds. The van der Waals surface area contributed by atoms with Gasteiger partial charge in [-0.1, -0.05) is 29.8 Å². The Hall–Kier alpha value is -1.81. The van der Waals surface area contributed by atoms with Crippen molar-refractivity contribution in [1.29, 1.82) is 0 Å². The van der Waals surface area contributed by atoms with Gasteiger partial charge >= 0.3 is 6.18 Å². The number of carbonyl (C=O) groups excluding carboxylic acids is 1. The topological polar surface area (TPSA) is 17.1 Å². The van der Waals surface area contributed by atoms with Crippen LogP contribution in [0.15, 0.2) is 42.5 Å². The second kappa shape index (κ2) is 5.29. The first-order valence-electron chi connectivity index (χ1n) is 5.77. The Labute approximate surface area is 119 Å². The van der Waals surface area contributed by atoms with Gasteiger partial charge in [0.25, 0.3) is 0 Å². The van der Waals surface area contributed by atoms with E-state index in [1.165, 1.54) is 25.1 Å². The predicted octanol–water partition coefficient (Wildman–Crippen LogP) is 5.23. The van der Waals surface area contributed by atoms with E-state index >= 15 is 0 Å². The third kappa shape index (κ3) is 3.02. The van der Waals surface area contributed by atoms with Gasteiger partial charge in [-0.25, -0.2) is 0 Å². The number of benzene rings is 2. The van der Waals surface area contributed by atoms with Crippen molar-refractivity contribution in [2.45, 2.75) is 13.1 Å². The summed E-state index contributed by atoms with van der Waals surface area (Å²) in [5, 5.41) is 0.285. The number of alkyl halides is 3. The quantitative estimate of drug-likeness (QED) is 0.694. The second-order valence-corrected chi connectivity index (χ2v) is 4.74. The normalized spacial score (nSPS) is 11.4. The minimum Gasteiger partial charge on any atom is -0.294 e. The monoisotopic (exact) mass is 298 g/mol. The lowest BCUT2D eigenvalue weighted by Gasteiger charge is -2.10. The van der Waals surface area contributed by atoms with Crippen LogP contribution in [-0.4, -0.2) is 5.78 Å². The van der Waals surface area contributed by atoms with Gasteiger partial charge < -0.3 is 0 Å². The fourth-order valence-electron chi connectivity index (χ4n) is 1.85. The van der Waals surface area contributed by atoms with E-state index in [9.17, 15) is 18.0 Å². The standard InChI is InChI=1S/C15H10ClF3O/c1-9(20)13-8-11(5-6-14(13)16)10-3-2-4-12(7-10)15(17,18)19/h2-8H,1H3.